The van der Waals surface area contributed by atoms with Crippen LogP contribution in [-0.4, -0.2) is 85.0 Å². The lowest BCUT2D eigenvalue weighted by Gasteiger charge is -2.24. The van der Waals surface area contributed by atoms with Crippen LogP contribution in [0, 0.1) is 0 Å². The molecule has 8 heteroatoms. The summed E-state index contributed by atoms with van der Waals surface area (Å²) in [6.07, 6.45) is 1.88. The van der Waals surface area contributed by atoms with Crippen molar-refractivity contribution in [3.05, 3.63) is 24.3 Å². The molecule has 2 unspecified atom stereocenters. The Morgan fingerprint density at radius 3 is 1.15 bits per heavy atom. The third-order valence-electron chi connectivity index (χ3n) is 3.67. The highest BCUT2D eigenvalue weighted by atomic mass is 127. The molecule has 0 N–H and O–H groups in total. The van der Waals surface area contributed by atoms with Crippen LogP contribution in [0.4, 0.5) is 0 Å². The Hall–Kier alpha value is 1.22. The predicted octanol–water partition coefficient (Wildman–Crippen LogP) is -3.90. The van der Waals surface area contributed by atoms with E-state index in [1.807, 2.05) is 24.3 Å². The first-order chi connectivity index (χ1) is 11.0. The summed E-state index contributed by atoms with van der Waals surface area (Å²) < 4.78 is 26.4. The standard InChI is InChI=1S/C18H34N2O2S2.2HI/c1-19(2,3)13-7-15-23(21)17-9-11-18(12-10-17)24(22)16-8-14-20(4,5)6;;/h9-12H,7-8,13-16H2,1-6H3;2*1H/q+2;;/p-2. The molecule has 0 amide bonds. The van der Waals surface area contributed by atoms with Crippen molar-refractivity contribution in [2.24, 2.45) is 0 Å². The van der Waals surface area contributed by atoms with Crippen molar-refractivity contribution in [3.8, 4) is 0 Å². The van der Waals surface area contributed by atoms with E-state index in [2.05, 4.69) is 42.3 Å². The SMILES string of the molecule is C[N+](C)(C)CCC[S+]([O-])c1ccc([S+]([O-])CCC[N+](C)(C)C)cc1.[I-].[I-]. The second-order valence-corrected chi connectivity index (χ2v) is 11.4. The van der Waals surface area contributed by atoms with Crippen molar-refractivity contribution in [2.45, 2.75) is 22.6 Å². The molecule has 0 saturated heterocycles. The van der Waals surface area contributed by atoms with Gasteiger partial charge in [0.05, 0.1) is 55.4 Å². The predicted molar refractivity (Wildman–Crippen MR) is 104 cm³/mol. The number of halogens is 2. The van der Waals surface area contributed by atoms with Gasteiger partial charge in [-0.25, -0.2) is 0 Å². The Morgan fingerprint density at radius 1 is 0.654 bits per heavy atom. The lowest BCUT2D eigenvalue weighted by atomic mass is 10.4. The van der Waals surface area contributed by atoms with Gasteiger partial charge in [-0.15, -0.1) is 0 Å². The number of quaternary nitrogens is 2. The molecule has 26 heavy (non-hydrogen) atoms. The maximum atomic E-state index is 12.3. The topological polar surface area (TPSA) is 46.1 Å². The van der Waals surface area contributed by atoms with Crippen molar-refractivity contribution in [2.75, 3.05) is 66.9 Å². The van der Waals surface area contributed by atoms with Gasteiger partial charge in [-0.3, -0.25) is 0 Å². The molecule has 1 aromatic carbocycles. The summed E-state index contributed by atoms with van der Waals surface area (Å²) in [5, 5.41) is 0. The van der Waals surface area contributed by atoms with Crippen molar-refractivity contribution < 1.29 is 66.0 Å². The van der Waals surface area contributed by atoms with Crippen LogP contribution in [0.5, 0.6) is 0 Å². The fourth-order valence-corrected chi connectivity index (χ4v) is 4.45. The summed E-state index contributed by atoms with van der Waals surface area (Å²) in [7, 11) is 12.9. The maximum absolute atomic E-state index is 12.3. The molecule has 0 heterocycles. The fraction of sp³-hybridized carbons (Fsp3) is 0.667. The van der Waals surface area contributed by atoms with Crippen LogP contribution in [0.15, 0.2) is 34.1 Å². The average molecular weight is 628 g/mol. The first-order valence-electron chi connectivity index (χ1n) is 8.46. The summed E-state index contributed by atoms with van der Waals surface area (Å²) >= 11 is -1.94. The Labute approximate surface area is 200 Å². The highest BCUT2D eigenvalue weighted by Gasteiger charge is 2.17. The highest BCUT2D eigenvalue weighted by molar-refractivity contribution is 7.91. The molecule has 0 aromatic heterocycles. The van der Waals surface area contributed by atoms with Gasteiger partial charge < -0.3 is 66.0 Å². The van der Waals surface area contributed by atoms with Crippen LogP contribution in [0.2, 0.25) is 0 Å². The summed E-state index contributed by atoms with van der Waals surface area (Å²) in [5.74, 6) is 1.36. The number of benzene rings is 1. The minimum Gasteiger partial charge on any atom is -1.00 e. The Kier molecular flexibility index (Phi) is 15.2. The molecule has 2 atom stereocenters. The second-order valence-electron chi connectivity index (χ2n) is 8.31. The minimum absolute atomic E-state index is 0. The summed E-state index contributed by atoms with van der Waals surface area (Å²) in [4.78, 5) is 1.67. The van der Waals surface area contributed by atoms with Gasteiger partial charge in [0.25, 0.3) is 0 Å². The number of hydrogen-bond donors (Lipinski definition) is 0. The normalized spacial score (nSPS) is 14.2. The highest BCUT2D eigenvalue weighted by Crippen LogP contribution is 2.18. The van der Waals surface area contributed by atoms with E-state index in [4.69, 9.17) is 0 Å². The first kappa shape index (κ1) is 29.4. The van der Waals surface area contributed by atoms with E-state index < -0.39 is 22.4 Å². The summed E-state index contributed by atoms with van der Waals surface area (Å²) in [6, 6.07) is 7.48. The molecule has 154 valence electrons. The van der Waals surface area contributed by atoms with Crippen LogP contribution in [0.3, 0.4) is 0 Å². The van der Waals surface area contributed by atoms with Crippen molar-refractivity contribution in [3.63, 3.8) is 0 Å². The van der Waals surface area contributed by atoms with Gasteiger partial charge in [-0.1, -0.05) is 0 Å². The maximum Gasteiger partial charge on any atom is 0.153 e. The van der Waals surface area contributed by atoms with Crippen molar-refractivity contribution in [1.82, 2.24) is 0 Å². The largest absolute Gasteiger partial charge is 1.00 e. The van der Waals surface area contributed by atoms with E-state index in [1.54, 1.807) is 0 Å². The third-order valence-corrected chi connectivity index (χ3v) is 6.58. The molecule has 1 aromatic rings. The number of rotatable bonds is 10. The Balaban J connectivity index is 0. The van der Waals surface area contributed by atoms with Gasteiger partial charge in [-0.05, 0) is 46.6 Å². The molecule has 0 bridgehead atoms. The van der Waals surface area contributed by atoms with Crippen molar-refractivity contribution >= 4 is 22.4 Å². The van der Waals surface area contributed by atoms with Crippen molar-refractivity contribution in [1.29, 1.82) is 0 Å². The zero-order chi connectivity index (χ0) is 18.4. The quantitative estimate of drug-likeness (QED) is 0.151. The molecule has 0 aliphatic carbocycles. The van der Waals surface area contributed by atoms with E-state index in [-0.39, 0.29) is 48.0 Å². The summed E-state index contributed by atoms with van der Waals surface area (Å²) in [6.45, 7) is 2.03. The Morgan fingerprint density at radius 2 is 0.923 bits per heavy atom. The van der Waals surface area contributed by atoms with Gasteiger partial charge in [0, 0.05) is 12.8 Å². The average Bonchev–Trinajstić information content (AvgIpc) is 2.44. The first-order valence-corrected chi connectivity index (χ1v) is 11.1. The fourth-order valence-electron chi connectivity index (χ4n) is 2.32. The van der Waals surface area contributed by atoms with Crippen LogP contribution in [0.25, 0.3) is 0 Å². The molecule has 4 nitrogen and oxygen atoms in total. The Bertz CT molecular complexity index is 446. The number of nitrogens with zero attached hydrogens (tertiary/aromatic N) is 2. The molecule has 0 aliphatic rings. The zero-order valence-corrected chi connectivity index (χ0v) is 22.8. The van der Waals surface area contributed by atoms with Gasteiger partial charge in [0.1, 0.15) is 11.5 Å². The molecule has 0 radical (unpaired) electrons. The molecular formula is C18H34I2N2O2S2. The molecule has 0 aliphatic heterocycles. The zero-order valence-electron chi connectivity index (χ0n) is 16.8. The van der Waals surface area contributed by atoms with Crippen LogP contribution >= 0.6 is 0 Å². The van der Waals surface area contributed by atoms with E-state index >= 15 is 0 Å². The van der Waals surface area contributed by atoms with Gasteiger partial charge >= 0.3 is 0 Å². The molecular weight excluding hydrogens is 594 g/mol. The summed E-state index contributed by atoms with van der Waals surface area (Å²) in [5.41, 5.74) is 0. The van der Waals surface area contributed by atoms with E-state index in [0.717, 1.165) is 44.7 Å². The molecule has 0 spiro atoms. The monoisotopic (exact) mass is 628 g/mol. The molecule has 0 fully saturated rings. The van der Waals surface area contributed by atoms with E-state index in [1.165, 1.54) is 0 Å². The lowest BCUT2D eigenvalue weighted by molar-refractivity contribution is -0.870. The van der Waals surface area contributed by atoms with Gasteiger partial charge in [-0.2, -0.15) is 0 Å². The van der Waals surface area contributed by atoms with E-state index in [9.17, 15) is 9.11 Å². The molecule has 0 saturated carbocycles. The van der Waals surface area contributed by atoms with Gasteiger partial charge in [0.2, 0.25) is 0 Å². The smallest absolute Gasteiger partial charge is 0.153 e. The second kappa shape index (κ2) is 13.4. The number of hydrogen-bond acceptors (Lipinski definition) is 2. The van der Waals surface area contributed by atoms with Gasteiger partial charge in [0.15, 0.2) is 9.79 Å². The van der Waals surface area contributed by atoms with E-state index in [0.29, 0.717) is 11.5 Å². The van der Waals surface area contributed by atoms with Crippen LogP contribution < -0.4 is 48.0 Å². The molecule has 1 rings (SSSR count). The van der Waals surface area contributed by atoms with Crippen LogP contribution in [-0.2, 0) is 22.4 Å². The van der Waals surface area contributed by atoms with Crippen LogP contribution in [0.1, 0.15) is 12.8 Å². The third kappa shape index (κ3) is 13.4. The minimum atomic E-state index is -0.968. The lowest BCUT2D eigenvalue weighted by Crippen LogP contribution is -3.00.